The fourth-order valence-corrected chi connectivity index (χ4v) is 8.19. The molecule has 0 heterocycles. The normalized spacial score (nSPS) is 13.4. The quantitative estimate of drug-likeness (QED) is 0.202. The molecule has 0 aliphatic heterocycles. The van der Waals surface area contributed by atoms with Gasteiger partial charge in [0.05, 0.1) is 16.1 Å². The molecule has 0 bridgehead atoms. The Morgan fingerprint density at radius 2 is 0.789 bits per heavy atom. The molecule has 0 spiro atoms. The van der Waals surface area contributed by atoms with Crippen molar-refractivity contribution in [3.05, 3.63) is 131 Å². The molecule has 0 amide bonds. The van der Waals surface area contributed by atoms with Gasteiger partial charge in [0.25, 0.3) is 0 Å². The summed E-state index contributed by atoms with van der Waals surface area (Å²) in [5.74, 6) is 0. The maximum absolute atomic E-state index is 2.42. The lowest BCUT2D eigenvalue weighted by Gasteiger charge is -2.21. The van der Waals surface area contributed by atoms with Crippen molar-refractivity contribution in [2.45, 2.75) is 39.3 Å². The molecule has 0 saturated carbocycles. The van der Waals surface area contributed by atoms with Crippen LogP contribution in [0.3, 0.4) is 0 Å². The largest absolute Gasteiger partial charge is 0.0775 e. The van der Waals surface area contributed by atoms with Gasteiger partial charge in [-0.15, -0.1) is 0 Å². The third-order valence-corrected chi connectivity index (χ3v) is 12.1. The molecule has 0 fully saturated rings. The van der Waals surface area contributed by atoms with Gasteiger partial charge in [0.15, 0.2) is 0 Å². The van der Waals surface area contributed by atoms with Crippen LogP contribution in [-0.2, 0) is 0 Å². The number of rotatable bonds is 4. The van der Waals surface area contributed by atoms with Gasteiger partial charge in [-0.05, 0) is 55.3 Å². The smallest absolute Gasteiger partial charge is 0.0656 e. The van der Waals surface area contributed by atoms with Gasteiger partial charge >= 0.3 is 0 Å². The predicted octanol–water partition coefficient (Wildman–Crippen LogP) is 8.92. The van der Waals surface area contributed by atoms with E-state index in [4.69, 9.17) is 0 Å². The number of hydrogen-bond acceptors (Lipinski definition) is 0. The Morgan fingerprint density at radius 1 is 0.368 bits per heavy atom. The van der Waals surface area contributed by atoms with Crippen LogP contribution in [0.1, 0.15) is 22.3 Å². The highest BCUT2D eigenvalue weighted by Gasteiger charge is 2.26. The minimum Gasteiger partial charge on any atom is -0.0656 e. The highest BCUT2D eigenvalue weighted by Crippen LogP contribution is 2.47. The first kappa shape index (κ1) is 24.8. The molecule has 0 nitrogen and oxygen atoms in total. The molecule has 2 heteroatoms. The summed E-state index contributed by atoms with van der Waals surface area (Å²) in [4.78, 5) is 0. The molecule has 188 valence electrons. The van der Waals surface area contributed by atoms with Gasteiger partial charge in [-0.2, -0.15) is 0 Å². The second-order valence-electron chi connectivity index (χ2n) is 12.7. The summed E-state index contributed by atoms with van der Waals surface area (Å²) >= 11 is 0. The monoisotopic (exact) mass is 524 g/mol. The Kier molecular flexibility index (Phi) is 5.93. The van der Waals surface area contributed by atoms with Crippen LogP contribution in [0, 0.1) is 0 Å². The third kappa shape index (κ3) is 4.22. The zero-order valence-corrected chi connectivity index (χ0v) is 25.4. The van der Waals surface area contributed by atoms with Crippen molar-refractivity contribution in [2.24, 2.45) is 0 Å². The molecule has 5 aromatic carbocycles. The van der Waals surface area contributed by atoms with Crippen LogP contribution in [0.4, 0.5) is 0 Å². The Hall–Kier alpha value is -3.47. The summed E-state index contributed by atoms with van der Waals surface area (Å²) in [5, 5.41) is 5.63. The molecular weight excluding hydrogens is 489 g/mol. The Morgan fingerprint density at radius 3 is 1.29 bits per heavy atom. The standard InChI is InChI=1S/C36H36Si2/c1-37(2,3)28-21-17-26(18-22-28)35-32-14-8-7-13-30(32)31-15-9-11-25-12-10-16-33(34(25)31)36(35)27-19-23-29(24-20-27)38(4,5)6/h7-24H,1-6H3. The van der Waals surface area contributed by atoms with Crippen molar-refractivity contribution in [3.8, 4) is 11.1 Å². The first-order valence-corrected chi connectivity index (χ1v) is 20.7. The molecule has 6 rings (SSSR count). The van der Waals surface area contributed by atoms with Gasteiger partial charge in [0.2, 0.25) is 0 Å². The van der Waals surface area contributed by atoms with Gasteiger partial charge in [0, 0.05) is 0 Å². The van der Waals surface area contributed by atoms with Crippen molar-refractivity contribution in [3.63, 3.8) is 0 Å². The van der Waals surface area contributed by atoms with Crippen LogP contribution >= 0.6 is 0 Å². The van der Waals surface area contributed by atoms with Crippen molar-refractivity contribution in [2.75, 3.05) is 0 Å². The molecule has 0 saturated heterocycles. The summed E-state index contributed by atoms with van der Waals surface area (Å²) in [6.07, 6.45) is 0. The second kappa shape index (κ2) is 9.08. The zero-order chi connectivity index (χ0) is 26.7. The summed E-state index contributed by atoms with van der Waals surface area (Å²) < 4.78 is 0. The molecular formula is C36H36Si2. The van der Waals surface area contributed by atoms with Crippen LogP contribution in [0.15, 0.2) is 109 Å². The molecule has 5 aromatic rings. The molecule has 0 radical (unpaired) electrons. The predicted molar refractivity (Wildman–Crippen MR) is 173 cm³/mol. The fourth-order valence-electron chi connectivity index (χ4n) is 5.85. The highest BCUT2D eigenvalue weighted by atomic mass is 28.3. The highest BCUT2D eigenvalue weighted by molar-refractivity contribution is 6.89. The summed E-state index contributed by atoms with van der Waals surface area (Å²) in [7, 11) is -2.79. The topological polar surface area (TPSA) is 0 Å². The van der Waals surface area contributed by atoms with Crippen LogP contribution < -0.4 is 10.4 Å². The number of hydrogen-bond donors (Lipinski definition) is 0. The van der Waals surface area contributed by atoms with E-state index in [-0.39, 0.29) is 0 Å². The van der Waals surface area contributed by atoms with Gasteiger partial charge in [0.1, 0.15) is 0 Å². The molecule has 1 aliphatic rings. The molecule has 0 atom stereocenters. The van der Waals surface area contributed by atoms with Crippen molar-refractivity contribution in [1.29, 1.82) is 0 Å². The average molecular weight is 525 g/mol. The van der Waals surface area contributed by atoms with E-state index >= 15 is 0 Å². The molecule has 0 aromatic heterocycles. The van der Waals surface area contributed by atoms with Gasteiger partial charge in [-0.3, -0.25) is 0 Å². The first-order valence-electron chi connectivity index (χ1n) is 13.7. The van der Waals surface area contributed by atoms with Crippen LogP contribution in [0.2, 0.25) is 39.3 Å². The van der Waals surface area contributed by atoms with E-state index in [1.165, 1.54) is 65.7 Å². The zero-order valence-electron chi connectivity index (χ0n) is 23.4. The van der Waals surface area contributed by atoms with E-state index in [2.05, 4.69) is 148 Å². The van der Waals surface area contributed by atoms with E-state index in [0.29, 0.717) is 0 Å². The van der Waals surface area contributed by atoms with Crippen LogP contribution in [0.5, 0.6) is 0 Å². The first-order chi connectivity index (χ1) is 18.1. The van der Waals surface area contributed by atoms with Crippen molar-refractivity contribution < 1.29 is 0 Å². The molecule has 1 aliphatic carbocycles. The van der Waals surface area contributed by atoms with Gasteiger partial charge in [-0.25, -0.2) is 0 Å². The van der Waals surface area contributed by atoms with Crippen LogP contribution in [0.25, 0.3) is 33.0 Å². The Bertz CT molecular complexity index is 1690. The molecule has 0 N–H and O–H groups in total. The SMILES string of the molecule is C[Si](C)(C)c1ccc(C2=C(c3ccc([Si](C)(C)C)cc3)c3cccc4cccc(c34)-c3ccccc32)cc1. The Balaban J connectivity index is 1.74. The second-order valence-corrected chi connectivity index (χ2v) is 22.8. The number of benzene rings is 5. The summed E-state index contributed by atoms with van der Waals surface area (Å²) in [6.45, 7) is 14.5. The lowest BCUT2D eigenvalue weighted by Crippen LogP contribution is -2.37. The lowest BCUT2D eigenvalue weighted by atomic mass is 9.85. The van der Waals surface area contributed by atoms with Gasteiger partial charge in [-0.1, -0.05) is 159 Å². The summed E-state index contributed by atoms with van der Waals surface area (Å²) in [5.41, 5.74) is 10.5. The van der Waals surface area contributed by atoms with E-state index in [0.717, 1.165) is 0 Å². The maximum atomic E-state index is 2.42. The lowest BCUT2D eigenvalue weighted by molar-refractivity contribution is 1.53. The molecule has 38 heavy (non-hydrogen) atoms. The van der Waals surface area contributed by atoms with Gasteiger partial charge < -0.3 is 0 Å². The fraction of sp³-hybridized carbons (Fsp3) is 0.167. The van der Waals surface area contributed by atoms with E-state index in [9.17, 15) is 0 Å². The van der Waals surface area contributed by atoms with E-state index in [1.807, 2.05) is 0 Å². The minimum absolute atomic E-state index is 1.29. The van der Waals surface area contributed by atoms with E-state index in [1.54, 1.807) is 0 Å². The van der Waals surface area contributed by atoms with E-state index < -0.39 is 16.1 Å². The third-order valence-electron chi connectivity index (χ3n) is 7.99. The summed E-state index contributed by atoms with van der Waals surface area (Å²) in [6, 6.07) is 41.5. The van der Waals surface area contributed by atoms with Crippen molar-refractivity contribution in [1.82, 2.24) is 0 Å². The van der Waals surface area contributed by atoms with Crippen molar-refractivity contribution >= 4 is 48.4 Å². The average Bonchev–Trinajstić information content (AvgIpc) is 3.02. The Labute approximate surface area is 229 Å². The number of fused-ring (bicyclic) bond motifs is 2. The van der Waals surface area contributed by atoms with Crippen LogP contribution in [-0.4, -0.2) is 16.1 Å². The maximum Gasteiger partial charge on any atom is 0.0775 e. The molecule has 0 unspecified atom stereocenters. The minimum atomic E-state index is -1.40.